The van der Waals surface area contributed by atoms with E-state index >= 15 is 0 Å². The van der Waals surface area contributed by atoms with Crippen LogP contribution in [0.1, 0.15) is 47.0 Å². The second-order valence-electron chi connectivity index (χ2n) is 12.3. The zero-order valence-corrected chi connectivity index (χ0v) is 29.4. The van der Waals surface area contributed by atoms with Crippen LogP contribution in [0.3, 0.4) is 0 Å². The third kappa shape index (κ3) is 16.2. The van der Waals surface area contributed by atoms with Gasteiger partial charge in [-0.1, -0.05) is 0 Å². The molecule has 0 atom stereocenters. The maximum Gasteiger partial charge on any atom is 0.306 e. The molecule has 0 aromatic rings. The number of ether oxygens (including phenoxy) is 1. The molecule has 0 heterocycles. The van der Waals surface area contributed by atoms with Crippen LogP contribution in [0.25, 0.3) is 0 Å². The van der Waals surface area contributed by atoms with Crippen LogP contribution in [0.2, 0.25) is 0 Å². The Morgan fingerprint density at radius 2 is 0.696 bits per heavy atom. The summed E-state index contributed by atoms with van der Waals surface area (Å²) in [6.07, 6.45) is 0.389. The molecule has 0 unspecified atom stereocenters. The maximum atomic E-state index is 12.7. The molecule has 0 spiro atoms. The summed E-state index contributed by atoms with van der Waals surface area (Å²) in [7, 11) is 10.1. The first kappa shape index (κ1) is 41.8. The van der Waals surface area contributed by atoms with Crippen LogP contribution in [-0.2, 0) is 43.1 Å². The number of nitrogens with zero attached hydrogens (tertiary/aromatic N) is 7. The van der Waals surface area contributed by atoms with E-state index in [1.807, 2.05) is 6.92 Å². The summed E-state index contributed by atoms with van der Waals surface area (Å²) >= 11 is 0. The molecule has 0 saturated heterocycles. The predicted octanol–water partition coefficient (Wildman–Crippen LogP) is -1.27. The highest BCUT2D eigenvalue weighted by Crippen LogP contribution is 2.10. The molecular formula is C30H53N7O9. The average Bonchev–Trinajstić information content (AvgIpc) is 2.94. The molecule has 0 aromatic carbocycles. The van der Waals surface area contributed by atoms with E-state index in [1.54, 1.807) is 27.8 Å². The van der Waals surface area contributed by atoms with Crippen molar-refractivity contribution in [1.29, 1.82) is 0 Å². The zero-order chi connectivity index (χ0) is 35.9. The number of carbonyl (C=O) groups is 8. The molecule has 46 heavy (non-hydrogen) atoms. The molecule has 16 heteroatoms. The van der Waals surface area contributed by atoms with Crippen molar-refractivity contribution >= 4 is 47.3 Å². The fraction of sp³-hybridized carbons (Fsp3) is 0.733. The second-order valence-corrected chi connectivity index (χ2v) is 12.3. The van der Waals surface area contributed by atoms with Gasteiger partial charge in [-0.05, 0) is 34.1 Å². The SMILES string of the molecule is CCN(C)C(=O)CN(C)C(=O)CN(C)C(=O)CN(C)C(=O)CN(C)C(=O)CN(C)C(=O)CN(C)C(=O)CCCC(=O)OC(C)(C)C. The lowest BCUT2D eigenvalue weighted by molar-refractivity contribution is -0.155. The second kappa shape index (κ2) is 19.3. The quantitative estimate of drug-likeness (QED) is 0.174. The maximum absolute atomic E-state index is 12.7. The summed E-state index contributed by atoms with van der Waals surface area (Å²) in [5, 5.41) is 0. The van der Waals surface area contributed by atoms with Gasteiger partial charge in [0.15, 0.2) is 0 Å². The van der Waals surface area contributed by atoms with Crippen LogP contribution in [0, 0.1) is 0 Å². The van der Waals surface area contributed by atoms with Gasteiger partial charge in [0.2, 0.25) is 41.4 Å². The summed E-state index contributed by atoms with van der Waals surface area (Å²) < 4.78 is 5.21. The Morgan fingerprint density at radius 3 is 0.957 bits per heavy atom. The van der Waals surface area contributed by atoms with Gasteiger partial charge in [0.05, 0.1) is 39.3 Å². The van der Waals surface area contributed by atoms with Crippen LogP contribution in [0.4, 0.5) is 0 Å². The summed E-state index contributed by atoms with van der Waals surface area (Å²) in [4.78, 5) is 108. The van der Waals surface area contributed by atoms with Gasteiger partial charge in [-0.3, -0.25) is 38.4 Å². The van der Waals surface area contributed by atoms with Gasteiger partial charge < -0.3 is 39.0 Å². The van der Waals surface area contributed by atoms with Gasteiger partial charge in [-0.25, -0.2) is 0 Å². The lowest BCUT2D eigenvalue weighted by Gasteiger charge is -2.27. The molecule has 262 valence electrons. The smallest absolute Gasteiger partial charge is 0.306 e. The van der Waals surface area contributed by atoms with E-state index in [1.165, 1.54) is 57.0 Å². The fourth-order valence-electron chi connectivity index (χ4n) is 3.61. The first-order chi connectivity index (χ1) is 21.1. The van der Waals surface area contributed by atoms with Crippen molar-refractivity contribution in [3.63, 3.8) is 0 Å². The lowest BCUT2D eigenvalue weighted by Crippen LogP contribution is -2.48. The molecule has 0 aliphatic rings. The minimum absolute atomic E-state index is 0.0492. The molecule has 0 aliphatic carbocycles. The van der Waals surface area contributed by atoms with E-state index in [9.17, 15) is 38.4 Å². The number of hydrogen-bond acceptors (Lipinski definition) is 9. The van der Waals surface area contributed by atoms with Crippen molar-refractivity contribution in [2.24, 2.45) is 0 Å². The van der Waals surface area contributed by atoms with E-state index < -0.39 is 41.1 Å². The molecule has 0 radical (unpaired) electrons. The molecule has 0 bridgehead atoms. The van der Waals surface area contributed by atoms with E-state index in [0.717, 1.165) is 19.6 Å². The molecule has 7 amide bonds. The number of hydrogen-bond donors (Lipinski definition) is 0. The average molecular weight is 656 g/mol. The van der Waals surface area contributed by atoms with Crippen LogP contribution in [-0.4, -0.2) is 182 Å². The Hall–Kier alpha value is -4.24. The first-order valence-corrected chi connectivity index (χ1v) is 15.0. The summed E-state index contributed by atoms with van der Waals surface area (Å²) in [5.74, 6) is -3.52. The summed E-state index contributed by atoms with van der Waals surface area (Å²) in [5.41, 5.74) is -0.615. The monoisotopic (exact) mass is 655 g/mol. The Morgan fingerprint density at radius 1 is 0.435 bits per heavy atom. The third-order valence-electron chi connectivity index (χ3n) is 6.88. The summed E-state index contributed by atoms with van der Waals surface area (Å²) in [6, 6.07) is 0. The van der Waals surface area contributed by atoms with E-state index in [0.29, 0.717) is 6.54 Å². The van der Waals surface area contributed by atoms with Crippen molar-refractivity contribution < 1.29 is 43.1 Å². The Balaban J connectivity index is 4.71. The third-order valence-corrected chi connectivity index (χ3v) is 6.88. The van der Waals surface area contributed by atoms with Gasteiger partial charge in [-0.2, -0.15) is 0 Å². The zero-order valence-electron chi connectivity index (χ0n) is 29.4. The van der Waals surface area contributed by atoms with Crippen LogP contribution < -0.4 is 0 Å². The largest absolute Gasteiger partial charge is 0.460 e. The van der Waals surface area contributed by atoms with Gasteiger partial charge in [0.1, 0.15) is 5.60 Å². The molecule has 16 nitrogen and oxygen atoms in total. The molecular weight excluding hydrogens is 602 g/mol. The number of likely N-dealkylation sites (N-methyl/N-ethyl adjacent to an activating group) is 7. The van der Waals surface area contributed by atoms with Gasteiger partial charge >= 0.3 is 5.97 Å². The van der Waals surface area contributed by atoms with Crippen LogP contribution in [0.15, 0.2) is 0 Å². The van der Waals surface area contributed by atoms with E-state index in [2.05, 4.69) is 0 Å². The molecule has 0 fully saturated rings. The van der Waals surface area contributed by atoms with Gasteiger partial charge in [0, 0.05) is 68.7 Å². The van der Waals surface area contributed by atoms with Crippen molar-refractivity contribution in [2.75, 3.05) is 95.1 Å². The fourth-order valence-corrected chi connectivity index (χ4v) is 3.61. The molecule has 0 aromatic heterocycles. The highest BCUT2D eigenvalue weighted by Gasteiger charge is 2.24. The lowest BCUT2D eigenvalue weighted by atomic mass is 10.2. The van der Waals surface area contributed by atoms with Crippen molar-refractivity contribution in [2.45, 2.75) is 52.6 Å². The van der Waals surface area contributed by atoms with Crippen molar-refractivity contribution in [3.8, 4) is 0 Å². The predicted molar refractivity (Wildman–Crippen MR) is 169 cm³/mol. The van der Waals surface area contributed by atoms with Crippen LogP contribution in [0.5, 0.6) is 0 Å². The standard InChI is InChI=1S/C30H53N7O9/c1-12-31(5)23(39)16-33(7)25(41)18-35(9)27(43)20-37(11)28(44)21-36(10)26(42)19-34(8)24(40)17-32(6)22(38)14-13-15-29(45)46-30(2,3)4/h12-21H2,1-11H3. The number of esters is 1. The summed E-state index contributed by atoms with van der Waals surface area (Å²) in [6.45, 7) is 5.82. The van der Waals surface area contributed by atoms with Gasteiger partial charge in [-0.15, -0.1) is 0 Å². The normalized spacial score (nSPS) is 10.8. The number of carbonyl (C=O) groups excluding carboxylic acids is 8. The van der Waals surface area contributed by atoms with E-state index in [4.69, 9.17) is 4.74 Å². The molecule has 0 aliphatic heterocycles. The van der Waals surface area contributed by atoms with Crippen LogP contribution >= 0.6 is 0 Å². The minimum Gasteiger partial charge on any atom is -0.460 e. The topological polar surface area (TPSA) is 168 Å². The number of rotatable bonds is 17. The van der Waals surface area contributed by atoms with Crippen molar-refractivity contribution in [1.82, 2.24) is 34.3 Å². The van der Waals surface area contributed by atoms with Gasteiger partial charge in [0.25, 0.3) is 0 Å². The Bertz CT molecular complexity index is 1120. The highest BCUT2D eigenvalue weighted by atomic mass is 16.6. The molecule has 0 rings (SSSR count). The molecule has 0 N–H and O–H groups in total. The number of amides is 7. The Kier molecular flexibility index (Phi) is 17.5. The Labute approximate surface area is 272 Å². The molecule has 0 saturated carbocycles. The van der Waals surface area contributed by atoms with E-state index in [-0.39, 0.29) is 70.3 Å². The minimum atomic E-state index is -0.615. The first-order valence-electron chi connectivity index (χ1n) is 15.0. The van der Waals surface area contributed by atoms with Crippen molar-refractivity contribution in [3.05, 3.63) is 0 Å². The highest BCUT2D eigenvalue weighted by molar-refractivity contribution is 5.92.